The molecule has 0 aliphatic rings. The molecule has 0 fully saturated rings. The number of hydrogen-bond acceptors (Lipinski definition) is 3. The van der Waals surface area contributed by atoms with Crippen molar-refractivity contribution in [1.29, 1.82) is 0 Å². The molecule has 166 valence electrons. The third-order valence-electron chi connectivity index (χ3n) is 5.07. The van der Waals surface area contributed by atoms with Crippen molar-refractivity contribution < 1.29 is 4.74 Å². The third-order valence-corrected chi connectivity index (χ3v) is 5.07. The first-order chi connectivity index (χ1) is 15.2. The molecule has 1 aromatic heterocycles. The molecule has 0 saturated carbocycles. The lowest BCUT2D eigenvalue weighted by molar-refractivity contribution is 0.281. The van der Waals surface area contributed by atoms with Crippen LogP contribution < -0.4 is 15.4 Å². The highest BCUT2D eigenvalue weighted by Gasteiger charge is 2.04. The molecule has 0 unspecified atom stereocenters. The van der Waals surface area contributed by atoms with Crippen molar-refractivity contribution in [1.82, 2.24) is 20.5 Å². The summed E-state index contributed by atoms with van der Waals surface area (Å²) in [5.41, 5.74) is 3.66. The number of guanidine groups is 1. The molecule has 31 heavy (non-hydrogen) atoms. The number of nitrogens with one attached hydrogen (secondary N) is 3. The first-order valence-corrected chi connectivity index (χ1v) is 11.1. The molecular weight excluding hydrogens is 386 g/mol. The summed E-state index contributed by atoms with van der Waals surface area (Å²) in [6.45, 7) is 6.14. The summed E-state index contributed by atoms with van der Waals surface area (Å²) < 4.78 is 5.80. The van der Waals surface area contributed by atoms with Crippen molar-refractivity contribution in [2.24, 2.45) is 4.99 Å². The average molecular weight is 422 g/mol. The van der Waals surface area contributed by atoms with Crippen molar-refractivity contribution in [3.05, 3.63) is 65.9 Å². The monoisotopic (exact) mass is 421 g/mol. The molecule has 0 atom stereocenters. The van der Waals surface area contributed by atoms with Crippen molar-refractivity contribution in [3.63, 3.8) is 0 Å². The second-order valence-electron chi connectivity index (χ2n) is 7.88. The van der Waals surface area contributed by atoms with Gasteiger partial charge in [-0.1, -0.05) is 30.3 Å². The summed E-state index contributed by atoms with van der Waals surface area (Å²) in [5, 5.41) is 8.06. The van der Waals surface area contributed by atoms with Gasteiger partial charge in [0, 0.05) is 36.7 Å². The summed E-state index contributed by atoms with van der Waals surface area (Å²) in [4.78, 5) is 10.2. The summed E-state index contributed by atoms with van der Waals surface area (Å²) in [6, 6.07) is 16.6. The number of fused-ring (bicyclic) bond motifs is 1. The Balaban J connectivity index is 1.47. The number of rotatable bonds is 11. The van der Waals surface area contributed by atoms with E-state index < -0.39 is 0 Å². The van der Waals surface area contributed by atoms with Gasteiger partial charge in [-0.15, -0.1) is 0 Å². The Hall–Kier alpha value is -2.99. The van der Waals surface area contributed by atoms with Gasteiger partial charge < -0.3 is 25.3 Å². The Morgan fingerprint density at radius 2 is 1.87 bits per heavy atom. The predicted octanol–water partition coefficient (Wildman–Crippen LogP) is 3.80. The lowest BCUT2D eigenvalue weighted by atomic mass is 10.1. The minimum absolute atomic E-state index is 0.628. The Morgan fingerprint density at radius 1 is 1.06 bits per heavy atom. The van der Waals surface area contributed by atoms with Crippen molar-refractivity contribution in [2.45, 2.75) is 26.3 Å². The topological polar surface area (TPSA) is 64.7 Å². The fourth-order valence-electron chi connectivity index (χ4n) is 3.43. The number of aromatic amines is 1. The van der Waals surface area contributed by atoms with Gasteiger partial charge in [-0.05, 0) is 63.2 Å². The Kier molecular flexibility index (Phi) is 8.79. The lowest BCUT2D eigenvalue weighted by Crippen LogP contribution is -2.38. The smallest absolute Gasteiger partial charge is 0.191 e. The molecule has 2 aromatic carbocycles. The van der Waals surface area contributed by atoms with Gasteiger partial charge in [0.2, 0.25) is 0 Å². The highest BCUT2D eigenvalue weighted by molar-refractivity contribution is 5.83. The van der Waals surface area contributed by atoms with Gasteiger partial charge in [-0.3, -0.25) is 0 Å². The van der Waals surface area contributed by atoms with E-state index in [0.29, 0.717) is 6.54 Å². The molecule has 3 rings (SSSR count). The molecule has 3 N–H and O–H groups in total. The zero-order valence-electron chi connectivity index (χ0n) is 18.9. The van der Waals surface area contributed by atoms with Crippen molar-refractivity contribution in [3.8, 4) is 5.75 Å². The van der Waals surface area contributed by atoms with Gasteiger partial charge in [0.05, 0.1) is 13.2 Å². The van der Waals surface area contributed by atoms with Crippen molar-refractivity contribution >= 4 is 16.9 Å². The average Bonchev–Trinajstić information content (AvgIpc) is 3.19. The van der Waals surface area contributed by atoms with Gasteiger partial charge in [0.25, 0.3) is 0 Å². The maximum Gasteiger partial charge on any atom is 0.191 e. The van der Waals surface area contributed by atoms with Crippen LogP contribution in [0.5, 0.6) is 5.75 Å². The van der Waals surface area contributed by atoms with Gasteiger partial charge >= 0.3 is 0 Å². The largest absolute Gasteiger partial charge is 0.494 e. The number of aliphatic imine (C=N–C) groups is 1. The molecule has 0 radical (unpaired) electrons. The highest BCUT2D eigenvalue weighted by Crippen LogP contribution is 2.17. The van der Waals surface area contributed by atoms with Crippen LogP contribution in [0.15, 0.2) is 59.7 Å². The Bertz CT molecular complexity index is 946. The summed E-state index contributed by atoms with van der Waals surface area (Å²) >= 11 is 0. The molecule has 0 bridgehead atoms. The number of hydrogen-bond donors (Lipinski definition) is 3. The van der Waals surface area contributed by atoms with Crippen LogP contribution in [0.2, 0.25) is 0 Å². The third kappa shape index (κ3) is 7.33. The van der Waals surface area contributed by atoms with Crippen LogP contribution in [-0.4, -0.2) is 56.2 Å². The highest BCUT2D eigenvalue weighted by atomic mass is 16.5. The van der Waals surface area contributed by atoms with Crippen LogP contribution in [0.1, 0.15) is 24.5 Å². The summed E-state index contributed by atoms with van der Waals surface area (Å²) in [5.74, 6) is 1.75. The van der Waals surface area contributed by atoms with E-state index in [1.807, 2.05) is 12.1 Å². The number of H-pyrrole nitrogens is 1. The van der Waals surface area contributed by atoms with E-state index in [9.17, 15) is 0 Å². The van der Waals surface area contributed by atoms with E-state index in [-0.39, 0.29) is 0 Å². The second-order valence-corrected chi connectivity index (χ2v) is 7.88. The van der Waals surface area contributed by atoms with E-state index >= 15 is 0 Å². The van der Waals surface area contributed by atoms with Gasteiger partial charge in [0.15, 0.2) is 5.96 Å². The zero-order valence-corrected chi connectivity index (χ0v) is 18.9. The number of ether oxygens (including phenoxy) is 1. The first kappa shape index (κ1) is 22.7. The van der Waals surface area contributed by atoms with E-state index in [2.05, 4.69) is 84.1 Å². The van der Waals surface area contributed by atoms with Crippen LogP contribution in [-0.2, 0) is 13.0 Å². The van der Waals surface area contributed by atoms with Gasteiger partial charge in [0.1, 0.15) is 5.75 Å². The van der Waals surface area contributed by atoms with E-state index in [4.69, 9.17) is 9.73 Å². The molecule has 3 aromatic rings. The normalized spacial score (nSPS) is 11.8. The number of nitrogens with zero attached hydrogens (tertiary/aromatic N) is 2. The van der Waals surface area contributed by atoms with E-state index in [1.54, 1.807) is 0 Å². The molecule has 0 saturated heterocycles. The quantitative estimate of drug-likeness (QED) is 0.250. The van der Waals surface area contributed by atoms with Crippen LogP contribution in [0.4, 0.5) is 0 Å². The molecule has 0 aliphatic heterocycles. The first-order valence-electron chi connectivity index (χ1n) is 11.1. The number of aromatic nitrogens is 1. The predicted molar refractivity (Wildman–Crippen MR) is 130 cm³/mol. The number of para-hydroxylation sites is 1. The fraction of sp³-hybridized carbons (Fsp3) is 0.400. The molecule has 6 heteroatoms. The molecule has 0 spiro atoms. The molecule has 0 aliphatic carbocycles. The molecule has 6 nitrogen and oxygen atoms in total. The lowest BCUT2D eigenvalue weighted by Gasteiger charge is -2.12. The van der Waals surface area contributed by atoms with Crippen LogP contribution in [0, 0.1) is 0 Å². The minimum Gasteiger partial charge on any atom is -0.494 e. The maximum absolute atomic E-state index is 5.80. The van der Waals surface area contributed by atoms with E-state index in [0.717, 1.165) is 56.4 Å². The second kappa shape index (κ2) is 12.0. The minimum atomic E-state index is 0.628. The standard InChI is InChI=1S/C25H35N5O/c1-4-26-25(27-15-14-21-19-28-24-9-6-5-8-23(21)24)29-18-20-10-12-22(13-11-20)31-17-7-16-30(2)3/h5-6,8-13,19,28H,4,7,14-18H2,1-3H3,(H2,26,27,29). The molecule has 0 amide bonds. The Morgan fingerprint density at radius 3 is 2.65 bits per heavy atom. The van der Waals surface area contributed by atoms with Gasteiger partial charge in [-0.25, -0.2) is 4.99 Å². The van der Waals surface area contributed by atoms with Crippen LogP contribution >= 0.6 is 0 Å². The van der Waals surface area contributed by atoms with E-state index in [1.165, 1.54) is 16.5 Å². The zero-order chi connectivity index (χ0) is 21.9. The summed E-state index contributed by atoms with van der Waals surface area (Å²) in [6.07, 6.45) is 4.06. The van der Waals surface area contributed by atoms with Crippen LogP contribution in [0.25, 0.3) is 10.9 Å². The number of benzene rings is 2. The summed E-state index contributed by atoms with van der Waals surface area (Å²) in [7, 11) is 4.15. The molecule has 1 heterocycles. The maximum atomic E-state index is 5.80. The van der Waals surface area contributed by atoms with Crippen LogP contribution in [0.3, 0.4) is 0 Å². The van der Waals surface area contributed by atoms with Crippen molar-refractivity contribution in [2.75, 3.05) is 40.3 Å². The Labute approximate surface area is 185 Å². The SMILES string of the molecule is CCNC(=NCc1ccc(OCCCN(C)C)cc1)NCCc1c[nH]c2ccccc12. The van der Waals surface area contributed by atoms with Gasteiger partial charge in [-0.2, -0.15) is 0 Å². The molecular formula is C25H35N5O. The fourth-order valence-corrected chi connectivity index (χ4v) is 3.43.